The largest absolute Gasteiger partial charge is 0.380 e. The Hall–Kier alpha value is -0.770. The summed E-state index contributed by atoms with van der Waals surface area (Å²) in [5, 5.41) is 7.04. The van der Waals surface area contributed by atoms with E-state index in [0.29, 0.717) is 6.04 Å². The van der Waals surface area contributed by atoms with Gasteiger partial charge in [-0.15, -0.1) is 12.4 Å². The van der Waals surface area contributed by atoms with Gasteiger partial charge in [0.05, 0.1) is 12.6 Å². The van der Waals surface area contributed by atoms with Gasteiger partial charge in [0.15, 0.2) is 0 Å². The molecule has 0 amide bonds. The molecule has 0 aliphatic carbocycles. The third-order valence-corrected chi connectivity index (χ3v) is 3.44. The van der Waals surface area contributed by atoms with Crippen molar-refractivity contribution in [3.8, 4) is 0 Å². The smallest absolute Gasteiger partial charge is 0.0668 e. The molecule has 2 heterocycles. The van der Waals surface area contributed by atoms with Gasteiger partial charge >= 0.3 is 0 Å². The number of rotatable bonds is 2. The lowest BCUT2D eigenvalue weighted by molar-refractivity contribution is 0.195. The van der Waals surface area contributed by atoms with Gasteiger partial charge in [-0.05, 0) is 36.6 Å². The number of ether oxygens (including phenoxy) is 1. The molecule has 17 heavy (non-hydrogen) atoms. The van der Waals surface area contributed by atoms with Crippen molar-refractivity contribution < 1.29 is 4.74 Å². The summed E-state index contributed by atoms with van der Waals surface area (Å²) in [6.07, 6.45) is 2.27. The SMILES string of the molecule is Cl.c1cc2c(c(NC3CCOC3)c1)CNCC2. The topological polar surface area (TPSA) is 33.3 Å². The van der Waals surface area contributed by atoms with Gasteiger partial charge in [-0.1, -0.05) is 12.1 Å². The molecule has 2 aliphatic heterocycles. The van der Waals surface area contributed by atoms with E-state index in [1.807, 2.05) is 0 Å². The number of anilines is 1. The van der Waals surface area contributed by atoms with Crippen LogP contribution in [0.5, 0.6) is 0 Å². The molecule has 0 saturated carbocycles. The Labute approximate surface area is 108 Å². The van der Waals surface area contributed by atoms with Crippen LogP contribution in [0.25, 0.3) is 0 Å². The zero-order valence-electron chi connectivity index (χ0n) is 9.87. The zero-order chi connectivity index (χ0) is 10.8. The first-order valence-electron chi connectivity index (χ1n) is 6.09. The fourth-order valence-corrected chi connectivity index (χ4v) is 2.52. The number of nitrogens with one attached hydrogen (secondary N) is 2. The summed E-state index contributed by atoms with van der Waals surface area (Å²) in [6.45, 7) is 3.83. The number of hydrogen-bond acceptors (Lipinski definition) is 3. The van der Waals surface area contributed by atoms with Crippen LogP contribution in [0.3, 0.4) is 0 Å². The molecule has 3 nitrogen and oxygen atoms in total. The Morgan fingerprint density at radius 3 is 3.12 bits per heavy atom. The van der Waals surface area contributed by atoms with Gasteiger partial charge in [-0.25, -0.2) is 0 Å². The molecule has 3 rings (SSSR count). The van der Waals surface area contributed by atoms with E-state index in [2.05, 4.69) is 28.8 Å². The van der Waals surface area contributed by atoms with Crippen molar-refractivity contribution in [2.75, 3.05) is 25.1 Å². The molecule has 94 valence electrons. The van der Waals surface area contributed by atoms with Crippen LogP contribution in [0, 0.1) is 0 Å². The minimum Gasteiger partial charge on any atom is -0.380 e. The first-order chi connectivity index (χ1) is 7.93. The molecule has 1 atom stereocenters. The molecular weight excluding hydrogens is 236 g/mol. The summed E-state index contributed by atoms with van der Waals surface area (Å²) in [7, 11) is 0. The lowest BCUT2D eigenvalue weighted by Crippen LogP contribution is -2.26. The normalized spacial score (nSPS) is 22.7. The maximum absolute atomic E-state index is 5.40. The van der Waals surface area contributed by atoms with Crippen molar-refractivity contribution in [2.24, 2.45) is 0 Å². The third kappa shape index (κ3) is 2.73. The molecule has 0 bridgehead atoms. The van der Waals surface area contributed by atoms with E-state index in [1.54, 1.807) is 0 Å². The number of benzene rings is 1. The van der Waals surface area contributed by atoms with Gasteiger partial charge in [-0.3, -0.25) is 0 Å². The van der Waals surface area contributed by atoms with Gasteiger partial charge < -0.3 is 15.4 Å². The monoisotopic (exact) mass is 254 g/mol. The molecule has 0 spiro atoms. The molecule has 1 saturated heterocycles. The second-order valence-corrected chi connectivity index (χ2v) is 4.57. The highest BCUT2D eigenvalue weighted by atomic mass is 35.5. The summed E-state index contributed by atoms with van der Waals surface area (Å²) >= 11 is 0. The van der Waals surface area contributed by atoms with E-state index in [0.717, 1.165) is 39.1 Å². The maximum atomic E-state index is 5.40. The van der Waals surface area contributed by atoms with Crippen LogP contribution in [0.1, 0.15) is 17.5 Å². The fraction of sp³-hybridized carbons (Fsp3) is 0.538. The number of halogens is 1. The highest BCUT2D eigenvalue weighted by Crippen LogP contribution is 2.24. The van der Waals surface area contributed by atoms with Crippen molar-refractivity contribution in [2.45, 2.75) is 25.4 Å². The molecule has 2 N–H and O–H groups in total. The first kappa shape index (κ1) is 12.7. The van der Waals surface area contributed by atoms with Gasteiger partial charge in [0.25, 0.3) is 0 Å². The quantitative estimate of drug-likeness (QED) is 0.847. The molecule has 1 aromatic carbocycles. The second kappa shape index (κ2) is 5.71. The summed E-state index contributed by atoms with van der Waals surface area (Å²) < 4.78 is 5.40. The highest BCUT2D eigenvalue weighted by molar-refractivity contribution is 5.85. The van der Waals surface area contributed by atoms with E-state index in [1.165, 1.54) is 16.8 Å². The second-order valence-electron chi connectivity index (χ2n) is 4.57. The summed E-state index contributed by atoms with van der Waals surface area (Å²) in [6, 6.07) is 7.08. The van der Waals surface area contributed by atoms with Crippen LogP contribution < -0.4 is 10.6 Å². The van der Waals surface area contributed by atoms with Crippen molar-refractivity contribution >= 4 is 18.1 Å². The van der Waals surface area contributed by atoms with E-state index >= 15 is 0 Å². The molecular formula is C13H19ClN2O. The van der Waals surface area contributed by atoms with E-state index in [9.17, 15) is 0 Å². The minimum absolute atomic E-state index is 0. The Bertz CT molecular complexity index is 378. The van der Waals surface area contributed by atoms with Gasteiger partial charge in [-0.2, -0.15) is 0 Å². The molecule has 1 fully saturated rings. The standard InChI is InChI=1S/C13H18N2O.ClH/c1-2-10-4-6-14-8-12(10)13(3-1)15-11-5-7-16-9-11;/h1-3,11,14-15H,4-9H2;1H. The highest BCUT2D eigenvalue weighted by Gasteiger charge is 2.18. The zero-order valence-corrected chi connectivity index (χ0v) is 10.7. The third-order valence-electron chi connectivity index (χ3n) is 3.44. The van der Waals surface area contributed by atoms with Crippen LogP contribution in [0.4, 0.5) is 5.69 Å². The summed E-state index contributed by atoms with van der Waals surface area (Å²) in [5.41, 5.74) is 4.23. The molecule has 1 unspecified atom stereocenters. The van der Waals surface area contributed by atoms with E-state index in [4.69, 9.17) is 4.74 Å². The number of hydrogen-bond donors (Lipinski definition) is 2. The lowest BCUT2D eigenvalue weighted by Gasteiger charge is -2.22. The Balaban J connectivity index is 0.00000108. The van der Waals surface area contributed by atoms with Crippen molar-refractivity contribution in [1.29, 1.82) is 0 Å². The van der Waals surface area contributed by atoms with Crippen LogP contribution in [0.15, 0.2) is 18.2 Å². The molecule has 4 heteroatoms. The van der Waals surface area contributed by atoms with Crippen LogP contribution >= 0.6 is 12.4 Å². The maximum Gasteiger partial charge on any atom is 0.0668 e. The predicted molar refractivity (Wildman–Crippen MR) is 71.9 cm³/mol. The first-order valence-corrected chi connectivity index (χ1v) is 6.09. The molecule has 0 radical (unpaired) electrons. The summed E-state index contributed by atoms with van der Waals surface area (Å²) in [5.74, 6) is 0. The summed E-state index contributed by atoms with van der Waals surface area (Å²) in [4.78, 5) is 0. The van der Waals surface area contributed by atoms with Gasteiger partial charge in [0.2, 0.25) is 0 Å². The Kier molecular flexibility index (Phi) is 4.26. The Morgan fingerprint density at radius 2 is 2.29 bits per heavy atom. The predicted octanol–water partition coefficient (Wildman–Crippen LogP) is 1.95. The Morgan fingerprint density at radius 1 is 1.35 bits per heavy atom. The van der Waals surface area contributed by atoms with Crippen LogP contribution in [-0.2, 0) is 17.7 Å². The van der Waals surface area contributed by atoms with Gasteiger partial charge in [0.1, 0.15) is 0 Å². The molecule has 1 aromatic rings. The van der Waals surface area contributed by atoms with E-state index < -0.39 is 0 Å². The molecule has 0 aromatic heterocycles. The van der Waals surface area contributed by atoms with Crippen LogP contribution in [-0.4, -0.2) is 25.8 Å². The van der Waals surface area contributed by atoms with E-state index in [-0.39, 0.29) is 12.4 Å². The average molecular weight is 255 g/mol. The minimum atomic E-state index is 0. The van der Waals surface area contributed by atoms with Crippen molar-refractivity contribution in [1.82, 2.24) is 5.32 Å². The molecule has 2 aliphatic rings. The van der Waals surface area contributed by atoms with Gasteiger partial charge in [0, 0.05) is 18.8 Å². The number of fused-ring (bicyclic) bond motifs is 1. The lowest BCUT2D eigenvalue weighted by atomic mass is 9.99. The van der Waals surface area contributed by atoms with Crippen LogP contribution in [0.2, 0.25) is 0 Å². The van der Waals surface area contributed by atoms with Crippen molar-refractivity contribution in [3.05, 3.63) is 29.3 Å². The fourth-order valence-electron chi connectivity index (χ4n) is 2.52. The average Bonchev–Trinajstić information content (AvgIpc) is 2.82. The van der Waals surface area contributed by atoms with Crippen molar-refractivity contribution in [3.63, 3.8) is 0 Å².